The number of nitrogens with zero attached hydrogens (tertiary/aromatic N) is 1. The summed E-state index contributed by atoms with van der Waals surface area (Å²) in [6.07, 6.45) is 3.47. The van der Waals surface area contributed by atoms with E-state index in [2.05, 4.69) is 11.9 Å². The molecule has 0 atom stereocenters. The summed E-state index contributed by atoms with van der Waals surface area (Å²) in [5, 5.41) is 0. The Bertz CT molecular complexity index is 490. The van der Waals surface area contributed by atoms with Crippen LogP contribution in [0, 0.1) is 5.41 Å². The summed E-state index contributed by atoms with van der Waals surface area (Å²) in [6, 6.07) is 3.16. The first-order chi connectivity index (χ1) is 10.3. The smallest absolute Gasteiger partial charge is 0.359 e. The summed E-state index contributed by atoms with van der Waals surface area (Å²) in [6.45, 7) is 7.42. The molecule has 1 rings (SSSR count). The van der Waals surface area contributed by atoms with E-state index >= 15 is 0 Å². The zero-order chi connectivity index (χ0) is 16.6. The average molecular weight is 309 g/mol. The lowest BCUT2D eigenvalue weighted by Gasteiger charge is -2.16. The van der Waals surface area contributed by atoms with Crippen molar-refractivity contribution in [3.05, 3.63) is 24.0 Å². The van der Waals surface area contributed by atoms with E-state index in [1.54, 1.807) is 26.8 Å². The number of carbonyl (C=O) groups excluding carboxylic acids is 2. The highest BCUT2D eigenvalue weighted by Crippen LogP contribution is 2.15. The Morgan fingerprint density at radius 3 is 2.45 bits per heavy atom. The van der Waals surface area contributed by atoms with Gasteiger partial charge < -0.3 is 14.2 Å². The topological polar surface area (TPSA) is 74.7 Å². The Balaban J connectivity index is 2.41. The van der Waals surface area contributed by atoms with Gasteiger partial charge in [-0.05, 0) is 39.3 Å². The van der Waals surface area contributed by atoms with E-state index in [1.807, 2.05) is 0 Å². The van der Waals surface area contributed by atoms with Crippen molar-refractivity contribution in [3.8, 4) is 5.75 Å². The Morgan fingerprint density at radius 2 is 1.91 bits per heavy atom. The highest BCUT2D eigenvalue weighted by Gasteiger charge is 2.23. The number of hydrogen-bond acceptors (Lipinski definition) is 6. The molecule has 0 amide bonds. The molecule has 0 aliphatic rings. The summed E-state index contributed by atoms with van der Waals surface area (Å²) in [5.74, 6) is -0.487. The summed E-state index contributed by atoms with van der Waals surface area (Å²) in [5.41, 5.74) is -0.503. The second-order valence-electron chi connectivity index (χ2n) is 5.81. The molecule has 22 heavy (non-hydrogen) atoms. The quantitative estimate of drug-likeness (QED) is 0.438. The molecule has 0 aliphatic heterocycles. The molecule has 1 aromatic rings. The Kier molecular flexibility index (Phi) is 6.82. The van der Waals surface area contributed by atoms with Gasteiger partial charge in [-0.15, -0.1) is 0 Å². The molecule has 6 nitrogen and oxygen atoms in total. The predicted molar refractivity (Wildman–Crippen MR) is 80.5 cm³/mol. The molecule has 0 saturated carbocycles. The first-order valence-electron chi connectivity index (χ1n) is 7.27. The van der Waals surface area contributed by atoms with Crippen molar-refractivity contribution < 1.29 is 23.8 Å². The number of aromatic nitrogens is 1. The number of carbonyl (C=O) groups is 2. The standard InChI is InChI=1S/C16H23NO5/c1-5-6-9-20-12-7-8-13(17-10-12)14(18)21-11-22-15(19)16(2,3)4/h7-8,10H,5-6,9,11H2,1-4H3. The minimum Gasteiger partial charge on any atom is -0.492 e. The largest absolute Gasteiger partial charge is 0.492 e. The van der Waals surface area contributed by atoms with Gasteiger partial charge in [-0.25, -0.2) is 9.78 Å². The van der Waals surface area contributed by atoms with E-state index in [9.17, 15) is 9.59 Å². The highest BCUT2D eigenvalue weighted by atomic mass is 16.7. The maximum absolute atomic E-state index is 11.7. The van der Waals surface area contributed by atoms with Crippen LogP contribution in [0.4, 0.5) is 0 Å². The van der Waals surface area contributed by atoms with Crippen molar-refractivity contribution >= 4 is 11.9 Å². The fourth-order valence-corrected chi connectivity index (χ4v) is 1.35. The molecule has 0 aliphatic carbocycles. The minimum absolute atomic E-state index is 0.134. The maximum atomic E-state index is 11.7. The molecule has 1 aromatic heterocycles. The molecule has 0 saturated heterocycles. The number of pyridine rings is 1. The summed E-state index contributed by atoms with van der Waals surface area (Å²) in [7, 11) is 0. The SMILES string of the molecule is CCCCOc1ccc(C(=O)OCOC(=O)C(C)(C)C)nc1. The third-order valence-corrected chi connectivity index (χ3v) is 2.70. The predicted octanol–water partition coefficient (Wildman–Crippen LogP) is 2.96. The van der Waals surface area contributed by atoms with Gasteiger partial charge in [-0.2, -0.15) is 0 Å². The van der Waals surface area contributed by atoms with E-state index in [-0.39, 0.29) is 5.69 Å². The van der Waals surface area contributed by atoms with E-state index in [0.717, 1.165) is 12.8 Å². The van der Waals surface area contributed by atoms with Crippen molar-refractivity contribution in [2.24, 2.45) is 5.41 Å². The molecule has 0 unspecified atom stereocenters. The molecule has 1 heterocycles. The molecule has 122 valence electrons. The molecule has 0 N–H and O–H groups in total. The summed E-state index contributed by atoms with van der Waals surface area (Å²) >= 11 is 0. The van der Waals surface area contributed by atoms with E-state index in [0.29, 0.717) is 12.4 Å². The van der Waals surface area contributed by atoms with Crippen molar-refractivity contribution in [2.45, 2.75) is 40.5 Å². The van der Waals surface area contributed by atoms with Crippen LogP contribution in [0.5, 0.6) is 5.75 Å². The van der Waals surface area contributed by atoms with Crippen molar-refractivity contribution in [1.82, 2.24) is 4.98 Å². The van der Waals surface area contributed by atoms with E-state index < -0.39 is 24.1 Å². The molecule has 0 aromatic carbocycles. The molecular weight excluding hydrogens is 286 g/mol. The lowest BCUT2D eigenvalue weighted by atomic mass is 9.98. The number of hydrogen-bond donors (Lipinski definition) is 0. The van der Waals surface area contributed by atoms with Crippen LogP contribution in [0.15, 0.2) is 18.3 Å². The van der Waals surface area contributed by atoms with Gasteiger partial charge in [-0.1, -0.05) is 13.3 Å². The van der Waals surface area contributed by atoms with Crippen LogP contribution in [-0.4, -0.2) is 30.3 Å². The van der Waals surface area contributed by atoms with Crippen molar-refractivity contribution in [3.63, 3.8) is 0 Å². The fourth-order valence-electron chi connectivity index (χ4n) is 1.35. The van der Waals surface area contributed by atoms with Gasteiger partial charge in [0.1, 0.15) is 11.4 Å². The van der Waals surface area contributed by atoms with Gasteiger partial charge in [0.15, 0.2) is 0 Å². The highest BCUT2D eigenvalue weighted by molar-refractivity contribution is 5.87. The monoisotopic (exact) mass is 309 g/mol. The van der Waals surface area contributed by atoms with E-state index in [1.165, 1.54) is 12.3 Å². The third kappa shape index (κ3) is 6.11. The number of esters is 2. The molecule has 0 fully saturated rings. The second kappa shape index (κ2) is 8.36. The number of ether oxygens (including phenoxy) is 3. The lowest BCUT2D eigenvalue weighted by molar-refractivity contribution is -0.161. The number of rotatable bonds is 7. The Morgan fingerprint density at radius 1 is 1.18 bits per heavy atom. The molecular formula is C16H23NO5. The van der Waals surface area contributed by atoms with E-state index in [4.69, 9.17) is 14.2 Å². The van der Waals surface area contributed by atoms with Gasteiger partial charge in [-0.3, -0.25) is 4.79 Å². The number of unbranched alkanes of at least 4 members (excludes halogenated alkanes) is 1. The van der Waals surface area contributed by atoms with Crippen LogP contribution in [0.25, 0.3) is 0 Å². The second-order valence-corrected chi connectivity index (χ2v) is 5.81. The summed E-state index contributed by atoms with van der Waals surface area (Å²) in [4.78, 5) is 27.2. The normalized spacial score (nSPS) is 10.9. The van der Waals surface area contributed by atoms with Crippen molar-refractivity contribution in [2.75, 3.05) is 13.4 Å². The Labute approximate surface area is 130 Å². The van der Waals surface area contributed by atoms with Crippen LogP contribution < -0.4 is 4.74 Å². The molecule has 6 heteroatoms. The lowest BCUT2D eigenvalue weighted by Crippen LogP contribution is -2.24. The summed E-state index contributed by atoms with van der Waals surface area (Å²) < 4.78 is 15.1. The maximum Gasteiger partial charge on any atom is 0.359 e. The van der Waals surface area contributed by atoms with Crippen LogP contribution in [0.3, 0.4) is 0 Å². The van der Waals surface area contributed by atoms with Crippen LogP contribution >= 0.6 is 0 Å². The van der Waals surface area contributed by atoms with Gasteiger partial charge in [0.25, 0.3) is 0 Å². The minimum atomic E-state index is -0.651. The van der Waals surface area contributed by atoms with Crippen LogP contribution in [0.2, 0.25) is 0 Å². The first-order valence-corrected chi connectivity index (χ1v) is 7.27. The third-order valence-electron chi connectivity index (χ3n) is 2.70. The average Bonchev–Trinajstić information content (AvgIpc) is 2.47. The molecule has 0 spiro atoms. The Hall–Kier alpha value is -2.11. The van der Waals surface area contributed by atoms with Gasteiger partial charge in [0.2, 0.25) is 6.79 Å². The van der Waals surface area contributed by atoms with Crippen molar-refractivity contribution in [1.29, 1.82) is 0 Å². The molecule has 0 bridgehead atoms. The zero-order valence-electron chi connectivity index (χ0n) is 13.5. The van der Waals surface area contributed by atoms with Crippen LogP contribution in [0.1, 0.15) is 51.0 Å². The fraction of sp³-hybridized carbons (Fsp3) is 0.562. The van der Waals surface area contributed by atoms with Gasteiger partial charge >= 0.3 is 11.9 Å². The van der Waals surface area contributed by atoms with Crippen LogP contribution in [-0.2, 0) is 14.3 Å². The molecule has 0 radical (unpaired) electrons. The van der Waals surface area contributed by atoms with Gasteiger partial charge in [0, 0.05) is 0 Å². The van der Waals surface area contributed by atoms with Gasteiger partial charge in [0.05, 0.1) is 18.2 Å². The zero-order valence-corrected chi connectivity index (χ0v) is 13.5. The first kappa shape index (κ1) is 17.9.